The highest BCUT2D eigenvalue weighted by Crippen LogP contribution is 2.57. The number of carbonyl (C=O) groups excluding carboxylic acids is 1. The van der Waals surface area contributed by atoms with E-state index in [0.29, 0.717) is 23.5 Å². The Morgan fingerprint density at radius 3 is 2.11 bits per heavy atom. The van der Waals surface area contributed by atoms with Gasteiger partial charge in [0.1, 0.15) is 0 Å². The van der Waals surface area contributed by atoms with Gasteiger partial charge in [0.25, 0.3) is 0 Å². The first-order chi connectivity index (χ1) is 9.11. The number of thiophene rings is 1. The van der Waals surface area contributed by atoms with Crippen LogP contribution in [-0.2, 0) is 0 Å². The molecule has 1 aromatic heterocycles. The Bertz CT molecular complexity index is 508. The standard InChI is InChI=1S/C15H16Br2OS/c16-12-6-11(15(17)19-12)14(18)13-9-2-7-1-8(4-9)5-10(13)3-7/h6-10,13H,1-5H2. The maximum absolute atomic E-state index is 12.9. The van der Waals surface area contributed by atoms with Crippen LogP contribution in [0.4, 0.5) is 0 Å². The molecule has 0 atom stereocenters. The molecule has 4 fully saturated rings. The van der Waals surface area contributed by atoms with Crippen LogP contribution < -0.4 is 0 Å². The third-order valence-corrected chi connectivity index (χ3v) is 7.79. The van der Waals surface area contributed by atoms with Gasteiger partial charge in [-0.15, -0.1) is 11.3 Å². The zero-order valence-corrected chi connectivity index (χ0v) is 14.6. The molecule has 1 nitrogen and oxygen atoms in total. The largest absolute Gasteiger partial charge is 0.294 e. The van der Waals surface area contributed by atoms with Crippen molar-refractivity contribution in [2.45, 2.75) is 32.1 Å². The SMILES string of the molecule is O=C(c1cc(Br)sc1Br)C1C2CC3CC(C2)CC1C3. The van der Waals surface area contributed by atoms with Crippen molar-refractivity contribution in [1.82, 2.24) is 0 Å². The van der Waals surface area contributed by atoms with Crippen LogP contribution in [0, 0.1) is 29.6 Å². The zero-order chi connectivity index (χ0) is 13.1. The predicted molar refractivity (Wildman–Crippen MR) is 84.6 cm³/mol. The number of halogens is 2. The number of carbonyl (C=O) groups is 1. The van der Waals surface area contributed by atoms with Crippen LogP contribution in [-0.4, -0.2) is 5.78 Å². The fourth-order valence-corrected chi connectivity index (χ4v) is 7.86. The quantitative estimate of drug-likeness (QED) is 0.593. The summed E-state index contributed by atoms with van der Waals surface area (Å²) < 4.78 is 2.05. The smallest absolute Gasteiger partial charge is 0.168 e. The summed E-state index contributed by atoms with van der Waals surface area (Å²) in [6.45, 7) is 0. The maximum Gasteiger partial charge on any atom is 0.168 e. The lowest BCUT2D eigenvalue weighted by molar-refractivity contribution is -0.0251. The minimum atomic E-state index is 0.311. The number of rotatable bonds is 2. The van der Waals surface area contributed by atoms with E-state index < -0.39 is 0 Å². The second kappa shape index (κ2) is 4.67. The minimum absolute atomic E-state index is 0.311. The van der Waals surface area contributed by atoms with Gasteiger partial charge < -0.3 is 0 Å². The van der Waals surface area contributed by atoms with Crippen LogP contribution in [0.1, 0.15) is 42.5 Å². The molecule has 0 radical (unpaired) electrons. The van der Waals surface area contributed by atoms with E-state index in [9.17, 15) is 4.79 Å². The van der Waals surface area contributed by atoms with Gasteiger partial charge in [-0.25, -0.2) is 0 Å². The van der Waals surface area contributed by atoms with Crippen molar-refractivity contribution in [3.63, 3.8) is 0 Å². The predicted octanol–water partition coefficient (Wildman–Crippen LogP) is 5.53. The van der Waals surface area contributed by atoms with Gasteiger partial charge in [-0.05, 0) is 93.7 Å². The molecular formula is C15H16Br2OS. The van der Waals surface area contributed by atoms with Gasteiger partial charge in [-0.3, -0.25) is 4.79 Å². The summed E-state index contributed by atoms with van der Waals surface area (Å²) in [5.41, 5.74) is 0.911. The molecule has 1 heterocycles. The molecule has 19 heavy (non-hydrogen) atoms. The van der Waals surface area contributed by atoms with E-state index in [0.717, 1.165) is 25.0 Å². The minimum Gasteiger partial charge on any atom is -0.294 e. The molecule has 0 aromatic carbocycles. The molecule has 102 valence electrons. The fourth-order valence-electron chi connectivity index (χ4n) is 5.04. The van der Waals surface area contributed by atoms with Gasteiger partial charge in [0.05, 0.1) is 7.57 Å². The highest BCUT2D eigenvalue weighted by molar-refractivity contribution is 9.12. The Morgan fingerprint density at radius 1 is 1.05 bits per heavy atom. The molecular weight excluding hydrogens is 388 g/mol. The van der Waals surface area contributed by atoms with Crippen molar-refractivity contribution in [2.24, 2.45) is 29.6 Å². The van der Waals surface area contributed by atoms with Crippen molar-refractivity contribution in [3.8, 4) is 0 Å². The van der Waals surface area contributed by atoms with Crippen molar-refractivity contribution in [1.29, 1.82) is 0 Å². The van der Waals surface area contributed by atoms with E-state index in [1.54, 1.807) is 11.3 Å². The van der Waals surface area contributed by atoms with Gasteiger partial charge in [0.2, 0.25) is 0 Å². The summed E-state index contributed by atoms with van der Waals surface area (Å²) >= 11 is 8.65. The second-order valence-corrected chi connectivity index (χ2v) is 10.3. The van der Waals surface area contributed by atoms with Gasteiger partial charge >= 0.3 is 0 Å². The van der Waals surface area contributed by atoms with E-state index >= 15 is 0 Å². The molecule has 5 rings (SSSR count). The van der Waals surface area contributed by atoms with E-state index in [1.165, 1.54) is 32.1 Å². The lowest BCUT2D eigenvalue weighted by Gasteiger charge is -2.53. The van der Waals surface area contributed by atoms with Crippen molar-refractivity contribution < 1.29 is 4.79 Å². The molecule has 0 spiro atoms. The average Bonchev–Trinajstić information content (AvgIpc) is 2.66. The van der Waals surface area contributed by atoms with Crippen LogP contribution in [0.2, 0.25) is 0 Å². The molecule has 4 aliphatic carbocycles. The Hall–Kier alpha value is 0.330. The van der Waals surface area contributed by atoms with Crippen LogP contribution >= 0.6 is 43.2 Å². The topological polar surface area (TPSA) is 17.1 Å². The van der Waals surface area contributed by atoms with Crippen LogP contribution in [0.5, 0.6) is 0 Å². The zero-order valence-electron chi connectivity index (χ0n) is 10.6. The van der Waals surface area contributed by atoms with E-state index in [-0.39, 0.29) is 0 Å². The fraction of sp³-hybridized carbons (Fsp3) is 0.667. The number of hydrogen-bond donors (Lipinski definition) is 0. The normalized spacial score (nSPS) is 39.8. The Labute approximate surface area is 134 Å². The number of ketones is 1. The highest BCUT2D eigenvalue weighted by Gasteiger charge is 2.50. The summed E-state index contributed by atoms with van der Waals surface area (Å²) in [4.78, 5) is 12.9. The third kappa shape index (κ3) is 2.09. The van der Waals surface area contributed by atoms with Crippen LogP contribution in [0.15, 0.2) is 13.6 Å². The summed E-state index contributed by atoms with van der Waals surface area (Å²) in [7, 11) is 0. The molecule has 4 saturated carbocycles. The van der Waals surface area contributed by atoms with Gasteiger partial charge in [-0.1, -0.05) is 0 Å². The molecule has 0 saturated heterocycles. The molecule has 4 heteroatoms. The highest BCUT2D eigenvalue weighted by atomic mass is 79.9. The summed E-state index contributed by atoms with van der Waals surface area (Å²) in [6.07, 6.45) is 6.69. The van der Waals surface area contributed by atoms with Gasteiger partial charge in [0, 0.05) is 11.5 Å². The molecule has 0 N–H and O–H groups in total. The Morgan fingerprint density at radius 2 is 1.63 bits per heavy atom. The maximum atomic E-state index is 12.9. The Balaban J connectivity index is 1.65. The summed E-state index contributed by atoms with van der Waals surface area (Å²) in [6, 6.07) is 2.00. The monoisotopic (exact) mass is 402 g/mol. The second-order valence-electron chi connectivity index (χ2n) is 6.56. The van der Waals surface area contributed by atoms with Gasteiger partial charge in [-0.2, -0.15) is 0 Å². The number of hydrogen-bond acceptors (Lipinski definition) is 2. The summed E-state index contributed by atoms with van der Waals surface area (Å²) in [5, 5.41) is 0. The van der Waals surface area contributed by atoms with E-state index in [4.69, 9.17) is 0 Å². The van der Waals surface area contributed by atoms with E-state index in [1.807, 2.05) is 6.07 Å². The summed E-state index contributed by atoms with van der Waals surface area (Å²) in [5.74, 6) is 3.94. The van der Waals surface area contributed by atoms with Gasteiger partial charge in [0.15, 0.2) is 5.78 Å². The molecule has 0 unspecified atom stereocenters. The van der Waals surface area contributed by atoms with E-state index in [2.05, 4.69) is 31.9 Å². The first-order valence-corrected chi connectivity index (χ1v) is 9.51. The number of Topliss-reactive ketones (excluding diaryl/α,β-unsaturated/α-hetero) is 1. The van der Waals surface area contributed by atoms with Crippen LogP contribution in [0.3, 0.4) is 0 Å². The molecule has 4 bridgehead atoms. The third-order valence-electron chi connectivity index (χ3n) is 5.45. The van der Waals surface area contributed by atoms with Crippen molar-refractivity contribution >= 4 is 49.0 Å². The molecule has 0 amide bonds. The first-order valence-electron chi connectivity index (χ1n) is 7.11. The van der Waals surface area contributed by atoms with Crippen LogP contribution in [0.25, 0.3) is 0 Å². The first kappa shape index (κ1) is 13.0. The lowest BCUT2D eigenvalue weighted by Crippen LogP contribution is -2.48. The average molecular weight is 404 g/mol. The van der Waals surface area contributed by atoms with Crippen molar-refractivity contribution in [2.75, 3.05) is 0 Å². The molecule has 1 aromatic rings. The molecule has 4 aliphatic rings. The van der Waals surface area contributed by atoms with Crippen molar-refractivity contribution in [3.05, 3.63) is 19.2 Å². The molecule has 0 aliphatic heterocycles. The lowest BCUT2D eigenvalue weighted by atomic mass is 9.51. The Kier molecular flexibility index (Phi) is 3.20.